The summed E-state index contributed by atoms with van der Waals surface area (Å²) in [6, 6.07) is 8.80. The number of benzene rings is 2. The lowest BCUT2D eigenvalue weighted by Gasteiger charge is -2.34. The molecule has 0 bridgehead atoms. The molecule has 1 atom stereocenters. The van der Waals surface area contributed by atoms with Gasteiger partial charge in [-0.2, -0.15) is 0 Å². The van der Waals surface area contributed by atoms with Gasteiger partial charge in [0.2, 0.25) is 5.43 Å². The van der Waals surface area contributed by atoms with E-state index in [0.29, 0.717) is 48.2 Å². The van der Waals surface area contributed by atoms with Gasteiger partial charge in [0.15, 0.2) is 28.8 Å². The second-order valence-electron chi connectivity index (χ2n) is 9.19. The molecule has 8 nitrogen and oxygen atoms in total. The monoisotopic (exact) mass is 495 g/mol. The van der Waals surface area contributed by atoms with Crippen LogP contribution in [0.2, 0.25) is 0 Å². The van der Waals surface area contributed by atoms with Crippen molar-refractivity contribution in [2.45, 2.75) is 32.9 Å². The van der Waals surface area contributed by atoms with Gasteiger partial charge in [0, 0.05) is 17.8 Å². The van der Waals surface area contributed by atoms with E-state index in [9.17, 15) is 14.7 Å². The number of nitrogens with zero attached hydrogens (tertiary/aromatic N) is 1. The number of methoxy groups -OCH3 is 1. The van der Waals surface area contributed by atoms with Crippen molar-refractivity contribution in [2.24, 2.45) is 5.92 Å². The van der Waals surface area contributed by atoms with Gasteiger partial charge in [0.25, 0.3) is 0 Å². The van der Waals surface area contributed by atoms with Crippen molar-refractivity contribution in [1.82, 2.24) is 4.57 Å². The fourth-order valence-corrected chi connectivity index (χ4v) is 4.76. The van der Waals surface area contributed by atoms with Crippen LogP contribution in [0.1, 0.15) is 41.4 Å². The molecule has 2 aromatic carbocycles. The molecular formula is C27H26FNO7. The van der Waals surface area contributed by atoms with Crippen molar-refractivity contribution in [1.29, 1.82) is 0 Å². The highest BCUT2D eigenvalue weighted by Crippen LogP contribution is 2.44. The van der Waals surface area contributed by atoms with Gasteiger partial charge < -0.3 is 28.6 Å². The van der Waals surface area contributed by atoms with Crippen LogP contribution in [0.3, 0.4) is 0 Å². The number of pyridine rings is 1. The molecule has 0 saturated carbocycles. The van der Waals surface area contributed by atoms with Gasteiger partial charge in [-0.05, 0) is 47.7 Å². The van der Waals surface area contributed by atoms with E-state index in [1.54, 1.807) is 16.7 Å². The molecular weight excluding hydrogens is 469 g/mol. The van der Waals surface area contributed by atoms with E-state index in [0.717, 1.165) is 11.1 Å². The number of ether oxygens (including phenoxy) is 4. The number of fused-ring (bicyclic) bond motifs is 4. The summed E-state index contributed by atoms with van der Waals surface area (Å²) < 4.78 is 39.8. The quantitative estimate of drug-likeness (QED) is 0.539. The van der Waals surface area contributed by atoms with Crippen LogP contribution in [0.4, 0.5) is 4.39 Å². The molecule has 0 spiro atoms. The molecule has 0 aliphatic carbocycles. The Kier molecular flexibility index (Phi) is 6.07. The Balaban J connectivity index is 1.55. The molecule has 0 radical (unpaired) electrons. The van der Waals surface area contributed by atoms with Gasteiger partial charge in [-0.15, -0.1) is 0 Å². The predicted octanol–water partition coefficient (Wildman–Crippen LogP) is 4.46. The van der Waals surface area contributed by atoms with Gasteiger partial charge in [0.1, 0.15) is 25.4 Å². The minimum Gasteiger partial charge on any atom is -0.493 e. The van der Waals surface area contributed by atoms with Crippen LogP contribution in [0.15, 0.2) is 41.3 Å². The Morgan fingerprint density at radius 3 is 2.61 bits per heavy atom. The van der Waals surface area contributed by atoms with E-state index in [2.05, 4.69) is 0 Å². The van der Waals surface area contributed by atoms with Crippen LogP contribution in [0, 0.1) is 11.7 Å². The molecule has 0 amide bonds. The maximum atomic E-state index is 15.4. The van der Waals surface area contributed by atoms with Gasteiger partial charge in [-0.3, -0.25) is 4.79 Å². The second-order valence-corrected chi connectivity index (χ2v) is 9.19. The number of carboxylic acid groups (broad SMARTS) is 1. The largest absolute Gasteiger partial charge is 0.493 e. The average Bonchev–Trinajstić information content (AvgIpc) is 2.87. The van der Waals surface area contributed by atoms with Crippen LogP contribution in [-0.2, 0) is 13.0 Å². The van der Waals surface area contributed by atoms with E-state index in [1.165, 1.54) is 13.3 Å². The highest BCUT2D eigenvalue weighted by atomic mass is 19.1. The smallest absolute Gasteiger partial charge is 0.341 e. The molecule has 2 aliphatic heterocycles. The molecule has 0 fully saturated rings. The second kappa shape index (κ2) is 9.22. The maximum absolute atomic E-state index is 15.4. The zero-order valence-electron chi connectivity index (χ0n) is 20.2. The summed E-state index contributed by atoms with van der Waals surface area (Å²) in [7, 11) is 1.48. The Labute approximate surface area is 206 Å². The Morgan fingerprint density at radius 2 is 1.92 bits per heavy atom. The van der Waals surface area contributed by atoms with E-state index >= 15 is 4.39 Å². The van der Waals surface area contributed by atoms with Crippen LogP contribution < -0.4 is 24.4 Å². The van der Waals surface area contributed by atoms with Gasteiger partial charge in [-0.1, -0.05) is 19.9 Å². The summed E-state index contributed by atoms with van der Waals surface area (Å²) in [6.07, 6.45) is 1.75. The van der Waals surface area contributed by atoms with Crippen molar-refractivity contribution in [2.75, 3.05) is 20.3 Å². The third-order valence-corrected chi connectivity index (χ3v) is 6.61. The van der Waals surface area contributed by atoms with Crippen LogP contribution in [0.5, 0.6) is 23.0 Å². The molecule has 0 saturated heterocycles. The number of carbonyl (C=O) groups is 1. The van der Waals surface area contributed by atoms with Crippen molar-refractivity contribution in [3.05, 3.63) is 69.3 Å². The van der Waals surface area contributed by atoms with Crippen LogP contribution in [-0.4, -0.2) is 36.0 Å². The lowest BCUT2D eigenvalue weighted by atomic mass is 9.86. The van der Waals surface area contributed by atoms with E-state index in [1.807, 2.05) is 32.0 Å². The summed E-state index contributed by atoms with van der Waals surface area (Å²) in [5.74, 6) is -0.293. The van der Waals surface area contributed by atoms with Gasteiger partial charge in [0.05, 0.1) is 12.8 Å². The Bertz CT molecular complexity index is 1410. The fourth-order valence-electron chi connectivity index (χ4n) is 4.76. The Hall–Kier alpha value is -4.01. The molecule has 188 valence electrons. The average molecular weight is 496 g/mol. The van der Waals surface area contributed by atoms with Crippen molar-refractivity contribution in [3.8, 4) is 34.3 Å². The van der Waals surface area contributed by atoms with Crippen LogP contribution in [0.25, 0.3) is 11.3 Å². The first-order chi connectivity index (χ1) is 17.3. The lowest BCUT2D eigenvalue weighted by Crippen LogP contribution is -2.30. The predicted molar refractivity (Wildman–Crippen MR) is 129 cm³/mol. The van der Waals surface area contributed by atoms with E-state index in [4.69, 9.17) is 18.9 Å². The summed E-state index contributed by atoms with van der Waals surface area (Å²) >= 11 is 0. The maximum Gasteiger partial charge on any atom is 0.341 e. The molecule has 9 heteroatoms. The number of hydrogen-bond acceptors (Lipinski definition) is 6. The number of aromatic carboxylic acids is 1. The topological polar surface area (TPSA) is 96.2 Å². The summed E-state index contributed by atoms with van der Waals surface area (Å²) in [6.45, 7) is 5.19. The third kappa shape index (κ3) is 4.04. The van der Waals surface area contributed by atoms with Gasteiger partial charge in [-0.25, -0.2) is 9.18 Å². The lowest BCUT2D eigenvalue weighted by molar-refractivity contribution is 0.0693. The first kappa shape index (κ1) is 23.7. The first-order valence-electron chi connectivity index (χ1n) is 11.7. The highest BCUT2D eigenvalue weighted by molar-refractivity contribution is 5.88. The number of hydrogen-bond donors (Lipinski definition) is 1. The number of rotatable bonds is 6. The fraction of sp³-hybridized carbons (Fsp3) is 0.333. The number of aromatic nitrogens is 1. The minimum atomic E-state index is -1.46. The molecule has 3 heterocycles. The summed E-state index contributed by atoms with van der Waals surface area (Å²) in [4.78, 5) is 24.1. The third-order valence-electron chi connectivity index (χ3n) is 6.61. The molecule has 5 rings (SSSR count). The zero-order valence-corrected chi connectivity index (χ0v) is 20.2. The standard InChI is InChI=1S/C27H26FNO7/c1-14(2)19-9-16-10-23(36-13-15-4-5-20-22(8-15)35-7-6-34-20)21(33-3)11-17(16)25-24(28)26(30)18(27(31)32)12-29(19)25/h4-5,8,10-12,14,19H,6-7,9,13H2,1-3H3,(H,31,32). The van der Waals surface area contributed by atoms with Crippen molar-refractivity contribution in [3.63, 3.8) is 0 Å². The molecule has 3 aromatic rings. The first-order valence-corrected chi connectivity index (χ1v) is 11.7. The molecule has 1 unspecified atom stereocenters. The molecule has 2 aliphatic rings. The van der Waals surface area contributed by atoms with E-state index in [-0.39, 0.29) is 24.3 Å². The minimum absolute atomic E-state index is 0.0460. The number of halogens is 1. The zero-order chi connectivity index (χ0) is 25.6. The SMILES string of the molecule is COc1cc2c(cc1OCc1ccc3c(c1)OCCO3)CC(C(C)C)n1cc(C(=O)O)c(=O)c(F)c1-2. The summed E-state index contributed by atoms with van der Waals surface area (Å²) in [5, 5.41) is 9.42. The van der Waals surface area contributed by atoms with Crippen molar-refractivity contribution < 1.29 is 33.2 Å². The molecule has 36 heavy (non-hydrogen) atoms. The van der Waals surface area contributed by atoms with E-state index < -0.39 is 22.8 Å². The number of carboxylic acids is 1. The summed E-state index contributed by atoms with van der Waals surface area (Å²) in [5.41, 5.74) is 0.471. The van der Waals surface area contributed by atoms with Crippen molar-refractivity contribution >= 4 is 5.97 Å². The Morgan fingerprint density at radius 1 is 1.17 bits per heavy atom. The highest BCUT2D eigenvalue weighted by Gasteiger charge is 2.32. The van der Waals surface area contributed by atoms with Crippen LogP contribution >= 0.6 is 0 Å². The molecule has 1 aromatic heterocycles. The normalized spacial score (nSPS) is 15.8. The molecule has 1 N–H and O–H groups in total. The van der Waals surface area contributed by atoms with Gasteiger partial charge >= 0.3 is 5.97 Å².